The van der Waals surface area contributed by atoms with Crippen molar-refractivity contribution in [2.45, 2.75) is 33.0 Å². The van der Waals surface area contributed by atoms with Crippen LogP contribution in [0.4, 0.5) is 11.6 Å². The number of aromatic nitrogens is 2. The summed E-state index contributed by atoms with van der Waals surface area (Å²) in [6, 6.07) is 1.93. The molecule has 2 atom stereocenters. The standard InChI is InChI=1S/C14H24N4O2/c1-4-15-12-7-13(18-14(17-12)9-19-3)16-8-11-5-6-20-10(11)2/h7,10-11H,4-6,8-9H2,1-3H3,(H2,15,16,17,18). The van der Waals surface area contributed by atoms with E-state index in [4.69, 9.17) is 9.47 Å². The summed E-state index contributed by atoms with van der Waals surface area (Å²) in [5.41, 5.74) is 0. The molecule has 0 spiro atoms. The van der Waals surface area contributed by atoms with Crippen LogP contribution in [0.1, 0.15) is 26.1 Å². The fourth-order valence-corrected chi connectivity index (χ4v) is 2.33. The lowest BCUT2D eigenvalue weighted by molar-refractivity contribution is 0.108. The number of nitrogens with zero attached hydrogens (tertiary/aromatic N) is 2. The Morgan fingerprint density at radius 2 is 2.10 bits per heavy atom. The van der Waals surface area contributed by atoms with Crippen LogP contribution in [-0.4, -0.2) is 42.9 Å². The molecule has 2 rings (SSSR count). The molecule has 6 heteroatoms. The molecule has 0 aliphatic carbocycles. The number of ether oxygens (including phenoxy) is 2. The average molecular weight is 280 g/mol. The third-order valence-corrected chi connectivity index (χ3v) is 3.48. The van der Waals surface area contributed by atoms with E-state index in [9.17, 15) is 0 Å². The molecule has 1 aromatic rings. The highest BCUT2D eigenvalue weighted by molar-refractivity contribution is 5.47. The minimum atomic E-state index is 0.316. The van der Waals surface area contributed by atoms with E-state index in [1.807, 2.05) is 13.0 Å². The highest BCUT2D eigenvalue weighted by Crippen LogP contribution is 2.21. The molecule has 112 valence electrons. The summed E-state index contributed by atoms with van der Waals surface area (Å²) in [5, 5.41) is 6.60. The summed E-state index contributed by atoms with van der Waals surface area (Å²) in [7, 11) is 1.65. The Morgan fingerprint density at radius 3 is 2.70 bits per heavy atom. The van der Waals surface area contributed by atoms with Crippen molar-refractivity contribution in [1.82, 2.24) is 9.97 Å². The first-order valence-electron chi connectivity index (χ1n) is 7.19. The fourth-order valence-electron chi connectivity index (χ4n) is 2.33. The monoisotopic (exact) mass is 280 g/mol. The van der Waals surface area contributed by atoms with Gasteiger partial charge >= 0.3 is 0 Å². The molecule has 2 heterocycles. The third-order valence-electron chi connectivity index (χ3n) is 3.48. The zero-order valence-corrected chi connectivity index (χ0v) is 12.5. The van der Waals surface area contributed by atoms with Crippen LogP contribution in [0.3, 0.4) is 0 Å². The Labute approximate surface area is 120 Å². The topological polar surface area (TPSA) is 68.3 Å². The number of hydrogen-bond donors (Lipinski definition) is 2. The van der Waals surface area contributed by atoms with Gasteiger partial charge in [0, 0.05) is 38.8 Å². The highest BCUT2D eigenvalue weighted by Gasteiger charge is 2.23. The molecule has 0 amide bonds. The SMILES string of the molecule is CCNc1cc(NCC2CCOC2C)nc(COC)n1. The molecule has 0 aromatic carbocycles. The lowest BCUT2D eigenvalue weighted by atomic mass is 10.0. The maximum atomic E-state index is 5.57. The van der Waals surface area contributed by atoms with Crippen molar-refractivity contribution < 1.29 is 9.47 Å². The van der Waals surface area contributed by atoms with Crippen LogP contribution >= 0.6 is 0 Å². The van der Waals surface area contributed by atoms with Gasteiger partial charge in [0.1, 0.15) is 18.2 Å². The van der Waals surface area contributed by atoms with E-state index in [0.29, 0.717) is 24.5 Å². The molecular weight excluding hydrogens is 256 g/mol. The lowest BCUT2D eigenvalue weighted by Gasteiger charge is -2.16. The fraction of sp³-hybridized carbons (Fsp3) is 0.714. The van der Waals surface area contributed by atoms with Gasteiger partial charge in [0.15, 0.2) is 5.82 Å². The first kappa shape index (κ1) is 15.0. The average Bonchev–Trinajstić information content (AvgIpc) is 2.83. The number of anilines is 2. The van der Waals surface area contributed by atoms with Gasteiger partial charge in [-0.3, -0.25) is 0 Å². The predicted molar refractivity (Wildman–Crippen MR) is 78.9 cm³/mol. The quantitative estimate of drug-likeness (QED) is 0.795. The molecule has 0 bridgehead atoms. The molecular formula is C14H24N4O2. The summed E-state index contributed by atoms with van der Waals surface area (Å²) < 4.78 is 10.7. The van der Waals surface area contributed by atoms with E-state index in [2.05, 4.69) is 27.5 Å². The van der Waals surface area contributed by atoms with Gasteiger partial charge < -0.3 is 20.1 Å². The van der Waals surface area contributed by atoms with Crippen LogP contribution < -0.4 is 10.6 Å². The Kier molecular flexibility index (Phi) is 5.55. The molecule has 1 aliphatic heterocycles. The number of methoxy groups -OCH3 is 1. The largest absolute Gasteiger partial charge is 0.378 e. The van der Waals surface area contributed by atoms with Crippen molar-refractivity contribution in [3.05, 3.63) is 11.9 Å². The lowest BCUT2D eigenvalue weighted by Crippen LogP contribution is -2.21. The van der Waals surface area contributed by atoms with Gasteiger partial charge in [-0.05, 0) is 20.3 Å². The second kappa shape index (κ2) is 7.40. The summed E-state index contributed by atoms with van der Waals surface area (Å²) >= 11 is 0. The molecule has 20 heavy (non-hydrogen) atoms. The molecule has 1 aliphatic rings. The first-order chi connectivity index (χ1) is 9.72. The van der Waals surface area contributed by atoms with Gasteiger partial charge in [-0.1, -0.05) is 0 Å². The van der Waals surface area contributed by atoms with Crippen LogP contribution in [0.15, 0.2) is 6.07 Å². The maximum absolute atomic E-state index is 5.57. The maximum Gasteiger partial charge on any atom is 0.158 e. The molecule has 2 N–H and O–H groups in total. The van der Waals surface area contributed by atoms with Crippen molar-refractivity contribution in [3.63, 3.8) is 0 Å². The Hall–Kier alpha value is -1.40. The van der Waals surface area contributed by atoms with E-state index in [-0.39, 0.29) is 0 Å². The second-order valence-corrected chi connectivity index (χ2v) is 5.02. The van der Waals surface area contributed by atoms with Crippen molar-refractivity contribution in [1.29, 1.82) is 0 Å². The van der Waals surface area contributed by atoms with Gasteiger partial charge in [-0.15, -0.1) is 0 Å². The Morgan fingerprint density at radius 1 is 1.35 bits per heavy atom. The Bertz CT molecular complexity index is 403. The van der Waals surface area contributed by atoms with Crippen molar-refractivity contribution >= 4 is 11.6 Å². The van der Waals surface area contributed by atoms with Gasteiger partial charge in [0.25, 0.3) is 0 Å². The van der Waals surface area contributed by atoms with Gasteiger partial charge in [-0.2, -0.15) is 0 Å². The number of nitrogens with one attached hydrogen (secondary N) is 2. The highest BCUT2D eigenvalue weighted by atomic mass is 16.5. The summed E-state index contributed by atoms with van der Waals surface area (Å²) in [4.78, 5) is 8.86. The van der Waals surface area contributed by atoms with Gasteiger partial charge in [0.2, 0.25) is 0 Å². The third kappa shape index (κ3) is 4.05. The van der Waals surface area contributed by atoms with Crippen LogP contribution in [-0.2, 0) is 16.1 Å². The van der Waals surface area contributed by atoms with Crippen molar-refractivity contribution in [2.75, 3.05) is 37.4 Å². The minimum absolute atomic E-state index is 0.316. The summed E-state index contributed by atoms with van der Waals surface area (Å²) in [5.74, 6) is 2.89. The van der Waals surface area contributed by atoms with Gasteiger partial charge in [-0.25, -0.2) is 9.97 Å². The zero-order chi connectivity index (χ0) is 14.4. The molecule has 0 radical (unpaired) electrons. The molecule has 1 fully saturated rings. The van der Waals surface area contributed by atoms with E-state index in [1.54, 1.807) is 7.11 Å². The van der Waals surface area contributed by atoms with E-state index < -0.39 is 0 Å². The van der Waals surface area contributed by atoms with Gasteiger partial charge in [0.05, 0.1) is 6.10 Å². The van der Waals surface area contributed by atoms with E-state index >= 15 is 0 Å². The van der Waals surface area contributed by atoms with Crippen LogP contribution in [0.25, 0.3) is 0 Å². The summed E-state index contributed by atoms with van der Waals surface area (Å²) in [6.07, 6.45) is 1.42. The molecule has 0 saturated carbocycles. The van der Waals surface area contributed by atoms with Crippen molar-refractivity contribution in [2.24, 2.45) is 5.92 Å². The smallest absolute Gasteiger partial charge is 0.158 e. The van der Waals surface area contributed by atoms with Crippen LogP contribution in [0.5, 0.6) is 0 Å². The molecule has 1 aromatic heterocycles. The van der Waals surface area contributed by atoms with E-state index in [0.717, 1.165) is 37.8 Å². The normalized spacial score (nSPS) is 21.9. The number of hydrogen-bond acceptors (Lipinski definition) is 6. The number of rotatable bonds is 7. The van der Waals surface area contributed by atoms with Crippen LogP contribution in [0.2, 0.25) is 0 Å². The Balaban J connectivity index is 2.01. The molecule has 6 nitrogen and oxygen atoms in total. The molecule has 2 unspecified atom stereocenters. The predicted octanol–water partition coefficient (Wildman–Crippen LogP) is 1.89. The minimum Gasteiger partial charge on any atom is -0.378 e. The zero-order valence-electron chi connectivity index (χ0n) is 12.5. The summed E-state index contributed by atoms with van der Waals surface area (Å²) in [6.45, 7) is 7.14. The molecule has 1 saturated heterocycles. The van der Waals surface area contributed by atoms with Crippen LogP contribution in [0, 0.1) is 5.92 Å². The second-order valence-electron chi connectivity index (χ2n) is 5.02. The first-order valence-corrected chi connectivity index (χ1v) is 7.19. The van der Waals surface area contributed by atoms with E-state index in [1.165, 1.54) is 0 Å². The van der Waals surface area contributed by atoms with Crippen molar-refractivity contribution in [3.8, 4) is 0 Å².